The van der Waals surface area contributed by atoms with Gasteiger partial charge in [0.25, 0.3) is 0 Å². The molecule has 0 heterocycles. The van der Waals surface area contributed by atoms with E-state index in [4.69, 9.17) is 18.0 Å². The third-order valence-electron chi connectivity index (χ3n) is 3.63. The molecule has 0 aliphatic heterocycles. The van der Waals surface area contributed by atoms with E-state index in [0.717, 1.165) is 19.3 Å². The maximum atomic E-state index is 14.0. The number of hydrogen-bond acceptors (Lipinski definition) is 3. The van der Waals surface area contributed by atoms with Crippen molar-refractivity contribution < 1.29 is 8.78 Å². The lowest BCUT2D eigenvalue weighted by Crippen LogP contribution is -2.29. The summed E-state index contributed by atoms with van der Waals surface area (Å²) in [7, 11) is 0. The monoisotopic (exact) mass is 316 g/mol. The number of nitrogens with one attached hydrogen (secondary N) is 1. The molecule has 1 aliphatic carbocycles. The van der Waals surface area contributed by atoms with Gasteiger partial charge in [-0.2, -0.15) is 11.8 Å². The van der Waals surface area contributed by atoms with Crippen LogP contribution in [0.25, 0.3) is 0 Å². The summed E-state index contributed by atoms with van der Waals surface area (Å²) in [6.45, 7) is 0. The van der Waals surface area contributed by atoms with Crippen LogP contribution in [0.1, 0.15) is 31.2 Å². The molecule has 1 aromatic carbocycles. The van der Waals surface area contributed by atoms with Crippen molar-refractivity contribution in [2.45, 2.75) is 37.0 Å². The Morgan fingerprint density at radius 2 is 2.00 bits per heavy atom. The number of hydrogen-bond donors (Lipinski definition) is 2. The normalized spacial score (nSPS) is 22.6. The maximum Gasteiger partial charge on any atom is 0.150 e. The highest BCUT2D eigenvalue weighted by Gasteiger charge is 2.23. The largest absolute Gasteiger partial charge is 0.389 e. The third-order valence-corrected chi connectivity index (χ3v) is 4.97. The van der Waals surface area contributed by atoms with Crippen molar-refractivity contribution in [1.82, 2.24) is 0 Å². The molecule has 0 bridgehead atoms. The summed E-state index contributed by atoms with van der Waals surface area (Å²) in [5.74, 6) is -1.28. The van der Waals surface area contributed by atoms with Crippen LogP contribution in [0.15, 0.2) is 12.1 Å². The first-order valence-electron chi connectivity index (χ1n) is 6.59. The summed E-state index contributed by atoms with van der Waals surface area (Å²) in [5, 5.41) is 3.56. The Morgan fingerprint density at radius 1 is 1.35 bits per heavy atom. The first kappa shape index (κ1) is 15.5. The second-order valence-corrected chi connectivity index (χ2v) is 6.62. The highest BCUT2D eigenvalue weighted by molar-refractivity contribution is 7.99. The van der Waals surface area contributed by atoms with Crippen molar-refractivity contribution >= 4 is 34.7 Å². The second-order valence-electron chi connectivity index (χ2n) is 5.04. The van der Waals surface area contributed by atoms with Gasteiger partial charge in [-0.25, -0.2) is 8.78 Å². The fourth-order valence-electron chi connectivity index (χ4n) is 2.55. The van der Waals surface area contributed by atoms with Crippen molar-refractivity contribution in [3.05, 3.63) is 29.3 Å². The van der Waals surface area contributed by atoms with Gasteiger partial charge in [0, 0.05) is 16.9 Å². The van der Waals surface area contributed by atoms with Gasteiger partial charge in [-0.15, -0.1) is 0 Å². The van der Waals surface area contributed by atoms with Gasteiger partial charge >= 0.3 is 0 Å². The Morgan fingerprint density at radius 3 is 2.55 bits per heavy atom. The minimum absolute atomic E-state index is 0.00513. The summed E-state index contributed by atoms with van der Waals surface area (Å²) in [6.07, 6.45) is 6.19. The molecule has 0 radical (unpaired) electrons. The fraction of sp³-hybridized carbons (Fsp3) is 0.500. The predicted molar refractivity (Wildman–Crippen MR) is 85.4 cm³/mol. The molecule has 2 nitrogen and oxygen atoms in total. The van der Waals surface area contributed by atoms with Gasteiger partial charge in [-0.05, 0) is 37.7 Å². The van der Waals surface area contributed by atoms with E-state index in [1.165, 1.54) is 18.6 Å². The van der Waals surface area contributed by atoms with Crippen LogP contribution in [0.2, 0.25) is 0 Å². The van der Waals surface area contributed by atoms with Crippen LogP contribution in [-0.4, -0.2) is 22.5 Å². The van der Waals surface area contributed by atoms with Crippen molar-refractivity contribution in [2.75, 3.05) is 11.6 Å². The smallest absolute Gasteiger partial charge is 0.150 e. The Kier molecular flexibility index (Phi) is 5.21. The van der Waals surface area contributed by atoms with Gasteiger partial charge in [-0.3, -0.25) is 0 Å². The minimum atomic E-state index is -0.640. The summed E-state index contributed by atoms with van der Waals surface area (Å²) in [4.78, 5) is -0.00513. The van der Waals surface area contributed by atoms with E-state index in [0.29, 0.717) is 5.25 Å². The van der Waals surface area contributed by atoms with Crippen LogP contribution in [0.5, 0.6) is 0 Å². The van der Waals surface area contributed by atoms with Gasteiger partial charge in [0.15, 0.2) is 0 Å². The first-order valence-corrected chi connectivity index (χ1v) is 8.29. The van der Waals surface area contributed by atoms with Gasteiger partial charge in [0.05, 0.1) is 0 Å². The summed E-state index contributed by atoms with van der Waals surface area (Å²) in [6, 6.07) is 2.48. The predicted octanol–water partition coefficient (Wildman–Crippen LogP) is 3.69. The second kappa shape index (κ2) is 6.72. The lowest BCUT2D eigenvalue weighted by atomic mass is 9.94. The van der Waals surface area contributed by atoms with Crippen molar-refractivity contribution in [1.29, 1.82) is 0 Å². The van der Waals surface area contributed by atoms with Crippen molar-refractivity contribution in [3.63, 3.8) is 0 Å². The van der Waals surface area contributed by atoms with Crippen molar-refractivity contribution in [3.8, 4) is 0 Å². The molecule has 0 amide bonds. The summed E-state index contributed by atoms with van der Waals surface area (Å²) < 4.78 is 28.0. The zero-order valence-corrected chi connectivity index (χ0v) is 12.9. The molecule has 1 fully saturated rings. The Labute approximate surface area is 127 Å². The Bertz CT molecular complexity index is 485. The quantitative estimate of drug-likeness (QED) is 0.831. The van der Waals surface area contributed by atoms with E-state index in [2.05, 4.69) is 11.6 Å². The molecule has 1 aliphatic rings. The molecule has 0 spiro atoms. The zero-order valence-electron chi connectivity index (χ0n) is 11.3. The molecule has 2 rings (SSSR count). The number of thiocarbonyl (C=S) groups is 1. The lowest BCUT2D eigenvalue weighted by molar-refractivity contribution is 0.468. The van der Waals surface area contributed by atoms with E-state index in [-0.39, 0.29) is 22.3 Å². The summed E-state index contributed by atoms with van der Waals surface area (Å²) in [5.41, 5.74) is 5.54. The number of anilines is 1. The van der Waals surface area contributed by atoms with E-state index in [1.54, 1.807) is 0 Å². The first-order chi connectivity index (χ1) is 9.51. The zero-order chi connectivity index (χ0) is 14.7. The molecule has 0 aromatic heterocycles. The molecule has 0 saturated heterocycles. The highest BCUT2D eigenvalue weighted by atomic mass is 32.2. The topological polar surface area (TPSA) is 38.0 Å². The number of nitrogens with two attached hydrogens (primary N) is 1. The molecule has 20 heavy (non-hydrogen) atoms. The average molecular weight is 316 g/mol. The van der Waals surface area contributed by atoms with E-state index in [9.17, 15) is 8.78 Å². The molecular formula is C14H18F2N2S2. The van der Waals surface area contributed by atoms with Crippen LogP contribution >= 0.6 is 24.0 Å². The van der Waals surface area contributed by atoms with Gasteiger partial charge in [0.2, 0.25) is 0 Å². The third kappa shape index (κ3) is 3.61. The SMILES string of the molecule is CSC1CCCC(Nc2c(F)cc(C(N)=S)cc2F)C1. The highest BCUT2D eigenvalue weighted by Crippen LogP contribution is 2.30. The molecule has 2 unspecified atom stereocenters. The van der Waals surface area contributed by atoms with Crippen LogP contribution < -0.4 is 11.1 Å². The number of halogens is 2. The molecule has 6 heteroatoms. The van der Waals surface area contributed by atoms with Crippen LogP contribution in [0, 0.1) is 11.6 Å². The molecular weight excluding hydrogens is 298 g/mol. The number of thioether (sulfide) groups is 1. The standard InChI is InChI=1S/C14H18F2N2S2/c1-20-10-4-2-3-9(7-10)18-13-11(15)5-8(14(17)19)6-12(13)16/h5-6,9-10,18H,2-4,7H2,1H3,(H2,17,19). The van der Waals surface area contributed by atoms with Gasteiger partial charge < -0.3 is 11.1 Å². The van der Waals surface area contributed by atoms with Crippen LogP contribution in [-0.2, 0) is 0 Å². The van der Waals surface area contributed by atoms with E-state index >= 15 is 0 Å². The van der Waals surface area contributed by atoms with E-state index < -0.39 is 11.6 Å². The molecule has 110 valence electrons. The maximum absolute atomic E-state index is 14.0. The molecule has 3 N–H and O–H groups in total. The number of rotatable bonds is 4. The van der Waals surface area contributed by atoms with Crippen LogP contribution in [0.4, 0.5) is 14.5 Å². The average Bonchev–Trinajstić information content (AvgIpc) is 2.42. The molecule has 2 atom stereocenters. The molecule has 1 aromatic rings. The Hall–Kier alpha value is -0.880. The van der Waals surface area contributed by atoms with Gasteiger partial charge in [-0.1, -0.05) is 18.6 Å². The van der Waals surface area contributed by atoms with Crippen LogP contribution in [0.3, 0.4) is 0 Å². The van der Waals surface area contributed by atoms with E-state index in [1.807, 2.05) is 11.8 Å². The minimum Gasteiger partial charge on any atom is -0.389 e. The lowest BCUT2D eigenvalue weighted by Gasteiger charge is -2.29. The molecule has 1 saturated carbocycles. The Balaban J connectivity index is 2.15. The number of benzene rings is 1. The fourth-order valence-corrected chi connectivity index (χ4v) is 3.49. The van der Waals surface area contributed by atoms with Gasteiger partial charge in [0.1, 0.15) is 22.3 Å². The van der Waals surface area contributed by atoms with Crippen molar-refractivity contribution in [2.24, 2.45) is 5.73 Å². The summed E-state index contributed by atoms with van der Waals surface area (Å²) >= 11 is 6.55.